The summed E-state index contributed by atoms with van der Waals surface area (Å²) in [6, 6.07) is 0. The van der Waals surface area contributed by atoms with Gasteiger partial charge >= 0.3 is 0 Å². The number of hydrogen-bond acceptors (Lipinski definition) is 2. The molecule has 0 saturated carbocycles. The molecule has 0 fully saturated rings. The van der Waals surface area contributed by atoms with Crippen molar-refractivity contribution in [2.45, 2.75) is 68.2 Å². The van der Waals surface area contributed by atoms with Crippen LogP contribution in [0.25, 0.3) is 0 Å². The molecule has 0 heterocycles. The Labute approximate surface area is 101 Å². The summed E-state index contributed by atoms with van der Waals surface area (Å²) in [6.45, 7) is 17.4. The molecule has 0 unspecified atom stereocenters. The maximum atomic E-state index is 4.30. The molecule has 2 heteroatoms. The van der Waals surface area contributed by atoms with Crippen LogP contribution in [0.2, 0.25) is 0 Å². The quantitative estimate of drug-likeness (QED) is 0.490. The van der Waals surface area contributed by atoms with E-state index >= 15 is 0 Å². The van der Waals surface area contributed by atoms with E-state index in [1.54, 1.807) is 0 Å². The van der Waals surface area contributed by atoms with Gasteiger partial charge in [0.1, 0.15) is 0 Å². The Morgan fingerprint density at radius 2 is 0.938 bits per heavy atom. The van der Waals surface area contributed by atoms with Crippen LogP contribution < -0.4 is 0 Å². The summed E-state index contributed by atoms with van der Waals surface area (Å²) in [5, 5.41) is 8.60. The van der Waals surface area contributed by atoms with Crippen molar-refractivity contribution in [3.8, 4) is 0 Å². The van der Waals surface area contributed by atoms with Gasteiger partial charge in [0.15, 0.2) is 0 Å². The molecule has 0 radical (unpaired) electrons. The molecule has 16 heavy (non-hydrogen) atoms. The van der Waals surface area contributed by atoms with Gasteiger partial charge < -0.3 is 0 Å². The Morgan fingerprint density at radius 1 is 0.688 bits per heavy atom. The fourth-order valence-electron chi connectivity index (χ4n) is 1.78. The van der Waals surface area contributed by atoms with Gasteiger partial charge in [0.2, 0.25) is 0 Å². The Morgan fingerprint density at radius 3 is 1.12 bits per heavy atom. The summed E-state index contributed by atoms with van der Waals surface area (Å²) >= 11 is 0. The summed E-state index contributed by atoms with van der Waals surface area (Å²) < 4.78 is 0. The lowest BCUT2D eigenvalue weighted by Crippen LogP contribution is -2.11. The van der Waals surface area contributed by atoms with E-state index in [-0.39, 0.29) is 0 Å². The van der Waals surface area contributed by atoms with E-state index < -0.39 is 0 Å². The van der Waals surface area contributed by atoms with Crippen molar-refractivity contribution in [2.75, 3.05) is 0 Å². The molecule has 0 spiro atoms. The molecule has 0 bridgehead atoms. The maximum absolute atomic E-state index is 4.30. The lowest BCUT2D eigenvalue weighted by Gasteiger charge is -2.18. The van der Waals surface area contributed by atoms with E-state index in [2.05, 4.69) is 65.6 Å². The molecule has 0 aliphatic heterocycles. The summed E-state index contributed by atoms with van der Waals surface area (Å²) in [6.07, 6.45) is 2.00. The molecule has 0 aromatic carbocycles. The number of nitrogens with zero attached hydrogens (tertiary/aromatic N) is 2. The van der Waals surface area contributed by atoms with Gasteiger partial charge in [-0.2, -0.15) is 10.2 Å². The Balaban J connectivity index is 4.39. The lowest BCUT2D eigenvalue weighted by molar-refractivity contribution is 0.430. The smallest absolute Gasteiger partial charge is 0.0380 e. The highest BCUT2D eigenvalue weighted by atomic mass is 15.2. The van der Waals surface area contributed by atoms with Crippen LogP contribution in [0.4, 0.5) is 0 Å². The zero-order chi connectivity index (χ0) is 13.0. The van der Waals surface area contributed by atoms with Crippen LogP contribution in [-0.4, -0.2) is 11.4 Å². The van der Waals surface area contributed by atoms with Crippen LogP contribution in [0.5, 0.6) is 0 Å². The predicted octanol–water partition coefficient (Wildman–Crippen LogP) is 4.70. The van der Waals surface area contributed by atoms with E-state index in [0.717, 1.165) is 24.3 Å². The van der Waals surface area contributed by atoms with Crippen LogP contribution in [0.15, 0.2) is 10.2 Å². The Kier molecular flexibility index (Phi) is 5.37. The van der Waals surface area contributed by atoms with Gasteiger partial charge in [0, 0.05) is 11.4 Å². The van der Waals surface area contributed by atoms with Gasteiger partial charge in [-0.15, -0.1) is 0 Å². The molecule has 0 atom stereocenters. The summed E-state index contributed by atoms with van der Waals surface area (Å²) in [4.78, 5) is 0. The van der Waals surface area contributed by atoms with Crippen molar-refractivity contribution in [3.05, 3.63) is 0 Å². The zero-order valence-corrected chi connectivity index (χ0v) is 12.3. The number of hydrogen-bond donors (Lipinski definition) is 0. The molecule has 0 amide bonds. The summed E-state index contributed by atoms with van der Waals surface area (Å²) in [5.74, 6) is 0. The lowest BCUT2D eigenvalue weighted by atomic mass is 9.90. The molecule has 0 rings (SSSR count). The molecular formula is C14H28N2. The van der Waals surface area contributed by atoms with Gasteiger partial charge in [-0.3, -0.25) is 0 Å². The highest BCUT2D eigenvalue weighted by Crippen LogP contribution is 2.20. The third-order valence-corrected chi connectivity index (χ3v) is 1.96. The first-order valence-corrected chi connectivity index (χ1v) is 6.06. The maximum Gasteiger partial charge on any atom is 0.0380 e. The molecule has 0 aliphatic carbocycles. The van der Waals surface area contributed by atoms with Crippen LogP contribution in [0.3, 0.4) is 0 Å². The Bertz CT molecular complexity index is 242. The first kappa shape index (κ1) is 15.3. The third kappa shape index (κ3) is 9.88. The van der Waals surface area contributed by atoms with Gasteiger partial charge in [-0.1, -0.05) is 41.5 Å². The minimum absolute atomic E-state index is 0.293. The van der Waals surface area contributed by atoms with Crippen molar-refractivity contribution in [3.63, 3.8) is 0 Å². The van der Waals surface area contributed by atoms with E-state index in [0.29, 0.717) is 10.8 Å². The van der Waals surface area contributed by atoms with E-state index in [9.17, 15) is 0 Å². The largest absolute Gasteiger partial charge is 0.160 e. The number of rotatable bonds is 3. The first-order valence-electron chi connectivity index (χ1n) is 6.06. The van der Waals surface area contributed by atoms with Crippen LogP contribution in [0.1, 0.15) is 68.2 Å². The fraction of sp³-hybridized carbons (Fsp3) is 0.857. The average molecular weight is 224 g/mol. The van der Waals surface area contributed by atoms with E-state index in [1.807, 2.05) is 0 Å². The van der Waals surface area contributed by atoms with Crippen molar-refractivity contribution >= 4 is 11.4 Å². The first-order chi connectivity index (χ1) is 6.99. The monoisotopic (exact) mass is 224 g/mol. The van der Waals surface area contributed by atoms with Crippen molar-refractivity contribution < 1.29 is 0 Å². The van der Waals surface area contributed by atoms with Crippen LogP contribution in [0, 0.1) is 10.8 Å². The third-order valence-electron chi connectivity index (χ3n) is 1.96. The van der Waals surface area contributed by atoms with Crippen molar-refractivity contribution in [1.82, 2.24) is 0 Å². The van der Waals surface area contributed by atoms with Crippen molar-refractivity contribution in [1.29, 1.82) is 0 Å². The second kappa shape index (κ2) is 5.60. The molecule has 0 aromatic heterocycles. The average Bonchev–Trinajstić information content (AvgIpc) is 1.94. The van der Waals surface area contributed by atoms with E-state index in [1.165, 1.54) is 0 Å². The van der Waals surface area contributed by atoms with Gasteiger partial charge in [-0.25, -0.2) is 0 Å². The second-order valence-corrected chi connectivity index (χ2v) is 7.15. The highest BCUT2D eigenvalue weighted by Gasteiger charge is 2.13. The molecule has 0 N–H and O–H groups in total. The zero-order valence-electron chi connectivity index (χ0n) is 12.3. The van der Waals surface area contributed by atoms with Crippen LogP contribution in [-0.2, 0) is 0 Å². The highest BCUT2D eigenvalue weighted by molar-refractivity contribution is 5.86. The molecule has 0 aliphatic rings. The molecule has 0 aromatic rings. The SMILES string of the molecule is CC(CC(C)(C)C)=NN=C(C)CC(C)(C)C. The van der Waals surface area contributed by atoms with Crippen LogP contribution >= 0.6 is 0 Å². The fourth-order valence-corrected chi connectivity index (χ4v) is 1.78. The predicted molar refractivity (Wildman–Crippen MR) is 74.4 cm³/mol. The second-order valence-electron chi connectivity index (χ2n) is 7.15. The normalized spacial score (nSPS) is 15.5. The summed E-state index contributed by atoms with van der Waals surface area (Å²) in [7, 11) is 0. The minimum Gasteiger partial charge on any atom is -0.160 e. The molecule has 2 nitrogen and oxygen atoms in total. The van der Waals surface area contributed by atoms with Gasteiger partial charge in [0.05, 0.1) is 0 Å². The standard InChI is InChI=1S/C14H28N2/c1-11(9-13(3,4)5)15-16-12(2)10-14(6,7)8/h9-10H2,1-8H3. The van der Waals surface area contributed by atoms with Crippen molar-refractivity contribution in [2.24, 2.45) is 21.0 Å². The van der Waals surface area contributed by atoms with E-state index in [4.69, 9.17) is 0 Å². The molecule has 0 saturated heterocycles. The molecular weight excluding hydrogens is 196 g/mol. The Hall–Kier alpha value is -0.660. The summed E-state index contributed by atoms with van der Waals surface area (Å²) in [5.41, 5.74) is 2.81. The van der Waals surface area contributed by atoms with Gasteiger partial charge in [-0.05, 0) is 37.5 Å². The minimum atomic E-state index is 0.293. The molecule has 94 valence electrons. The topological polar surface area (TPSA) is 24.7 Å². The van der Waals surface area contributed by atoms with Gasteiger partial charge in [0.25, 0.3) is 0 Å².